The Labute approximate surface area is 383 Å². The molecule has 7 N–H and O–H groups in total. The van der Waals surface area contributed by atoms with E-state index in [0.717, 1.165) is 64.2 Å². The van der Waals surface area contributed by atoms with Gasteiger partial charge in [-0.05, 0) is 44.9 Å². The van der Waals surface area contributed by atoms with E-state index in [2.05, 4.69) is 38.2 Å². The van der Waals surface area contributed by atoms with Crippen LogP contribution in [0.3, 0.4) is 0 Å². The summed E-state index contributed by atoms with van der Waals surface area (Å²) in [6, 6.07) is 0. The Morgan fingerprint density at radius 1 is 0.500 bits per heavy atom. The summed E-state index contributed by atoms with van der Waals surface area (Å²) in [6.07, 6.45) is 19.2. The highest BCUT2D eigenvalue weighted by molar-refractivity contribution is 5.70. The van der Waals surface area contributed by atoms with E-state index in [-0.39, 0.29) is 26.1 Å². The van der Waals surface area contributed by atoms with Gasteiger partial charge < -0.3 is 64.2 Å². The van der Waals surface area contributed by atoms with Crippen LogP contribution in [0.4, 0.5) is 0 Å². The molecule has 0 aromatic heterocycles. The van der Waals surface area contributed by atoms with Gasteiger partial charge >= 0.3 is 11.9 Å². The van der Waals surface area contributed by atoms with E-state index in [9.17, 15) is 45.3 Å². The molecule has 15 heteroatoms. The van der Waals surface area contributed by atoms with Gasteiger partial charge in [0.25, 0.3) is 0 Å². The van der Waals surface area contributed by atoms with Crippen molar-refractivity contribution >= 4 is 11.9 Å². The van der Waals surface area contributed by atoms with Crippen LogP contribution in [0.25, 0.3) is 0 Å². The van der Waals surface area contributed by atoms with Crippen molar-refractivity contribution in [3.63, 3.8) is 0 Å². The fourth-order valence-electron chi connectivity index (χ4n) is 7.78. The van der Waals surface area contributed by atoms with Crippen molar-refractivity contribution in [3.05, 3.63) is 24.3 Å². The Bertz CT molecular complexity index is 1220. The number of aliphatic hydroxyl groups is 7. The first kappa shape index (κ1) is 58.1. The van der Waals surface area contributed by atoms with Crippen LogP contribution in [-0.4, -0.2) is 142 Å². The number of unbranched alkanes of at least 4 members (excludes halogenated alkanes) is 20. The molecule has 0 aromatic rings. The topological polar surface area (TPSA) is 231 Å². The Kier molecular flexibility index (Phi) is 33.6. The van der Waals surface area contributed by atoms with Crippen LogP contribution in [0.5, 0.6) is 0 Å². The van der Waals surface area contributed by atoms with Gasteiger partial charge in [-0.2, -0.15) is 0 Å². The molecule has 2 aliphatic heterocycles. The lowest BCUT2D eigenvalue weighted by Gasteiger charge is -2.42. The number of hydrogen-bond donors (Lipinski definition) is 7. The molecule has 2 fully saturated rings. The Balaban J connectivity index is 1.83. The van der Waals surface area contributed by atoms with E-state index in [1.165, 1.54) is 77.0 Å². The third kappa shape index (κ3) is 25.2. The third-order valence-corrected chi connectivity index (χ3v) is 11.9. The SMILES string of the molecule is CCCCC/C=C\C/C=C\CCCCCCCC(=O)OC(COC(=O)CCCCCCCCCCCCCCC)CO[C@@H]1O[C@H](CO[C@@H]2O[C@H](CO)[C@H](O)[C@H](O)[C@H]2O)[C@H](O)[C@H](O)[C@H]1O. The highest BCUT2D eigenvalue weighted by Gasteiger charge is 2.47. The van der Waals surface area contributed by atoms with E-state index in [0.29, 0.717) is 12.8 Å². The molecule has 2 saturated heterocycles. The molecule has 2 rings (SSSR count). The molecular formula is C49H88O15. The lowest BCUT2D eigenvalue weighted by atomic mass is 9.98. The summed E-state index contributed by atoms with van der Waals surface area (Å²) in [7, 11) is 0. The molecule has 0 bridgehead atoms. The number of ether oxygens (including phenoxy) is 6. The number of aliphatic hydroxyl groups excluding tert-OH is 7. The monoisotopic (exact) mass is 917 g/mol. The highest BCUT2D eigenvalue weighted by Crippen LogP contribution is 2.26. The highest BCUT2D eigenvalue weighted by atomic mass is 16.7. The minimum atomic E-state index is -1.76. The van der Waals surface area contributed by atoms with Crippen LogP contribution >= 0.6 is 0 Å². The van der Waals surface area contributed by atoms with Gasteiger partial charge in [0.05, 0.1) is 19.8 Å². The molecule has 374 valence electrons. The molecule has 0 amide bonds. The third-order valence-electron chi connectivity index (χ3n) is 11.9. The quantitative estimate of drug-likeness (QED) is 0.0203. The van der Waals surface area contributed by atoms with Gasteiger partial charge in [-0.25, -0.2) is 0 Å². The summed E-state index contributed by atoms with van der Waals surface area (Å²) in [5.74, 6) is -0.936. The van der Waals surface area contributed by atoms with Crippen LogP contribution < -0.4 is 0 Å². The van der Waals surface area contributed by atoms with E-state index < -0.39 is 92.7 Å². The van der Waals surface area contributed by atoms with Gasteiger partial charge in [-0.15, -0.1) is 0 Å². The first-order valence-corrected chi connectivity index (χ1v) is 24.9. The Morgan fingerprint density at radius 2 is 0.938 bits per heavy atom. The molecule has 2 aliphatic rings. The van der Waals surface area contributed by atoms with Crippen molar-refractivity contribution in [2.75, 3.05) is 26.4 Å². The fourth-order valence-corrected chi connectivity index (χ4v) is 7.78. The molecule has 2 heterocycles. The smallest absolute Gasteiger partial charge is 0.306 e. The van der Waals surface area contributed by atoms with Crippen LogP contribution in [-0.2, 0) is 38.0 Å². The van der Waals surface area contributed by atoms with E-state index in [1.54, 1.807) is 0 Å². The molecule has 0 spiro atoms. The zero-order chi connectivity index (χ0) is 46.8. The molecule has 1 unspecified atom stereocenters. The van der Waals surface area contributed by atoms with Gasteiger partial charge in [-0.1, -0.05) is 147 Å². The molecule has 15 nitrogen and oxygen atoms in total. The van der Waals surface area contributed by atoms with Gasteiger partial charge in [0.15, 0.2) is 18.7 Å². The van der Waals surface area contributed by atoms with Crippen LogP contribution in [0.2, 0.25) is 0 Å². The van der Waals surface area contributed by atoms with Crippen LogP contribution in [0.1, 0.15) is 181 Å². The summed E-state index contributed by atoms with van der Waals surface area (Å²) in [4.78, 5) is 25.7. The van der Waals surface area contributed by atoms with Crippen LogP contribution in [0, 0.1) is 0 Å². The summed E-state index contributed by atoms with van der Waals surface area (Å²) in [5.41, 5.74) is 0. The number of hydrogen-bond acceptors (Lipinski definition) is 15. The van der Waals surface area contributed by atoms with E-state index >= 15 is 0 Å². The average molecular weight is 917 g/mol. The average Bonchev–Trinajstić information content (AvgIpc) is 3.29. The zero-order valence-electron chi connectivity index (χ0n) is 39.3. The lowest BCUT2D eigenvalue weighted by molar-refractivity contribution is -0.332. The van der Waals surface area contributed by atoms with Gasteiger partial charge in [0.1, 0.15) is 55.4 Å². The maximum Gasteiger partial charge on any atom is 0.306 e. The second-order valence-electron chi connectivity index (χ2n) is 17.6. The number of rotatable bonds is 38. The first-order valence-electron chi connectivity index (χ1n) is 24.9. The first-order chi connectivity index (χ1) is 31.0. The molecule has 0 saturated carbocycles. The fraction of sp³-hybridized carbons (Fsp3) is 0.878. The zero-order valence-corrected chi connectivity index (χ0v) is 39.3. The predicted octanol–water partition coefficient (Wildman–Crippen LogP) is 6.38. The minimum absolute atomic E-state index is 0.152. The van der Waals surface area contributed by atoms with Gasteiger partial charge in [0.2, 0.25) is 0 Å². The van der Waals surface area contributed by atoms with Crippen molar-refractivity contribution in [1.29, 1.82) is 0 Å². The maximum atomic E-state index is 13.0. The maximum absolute atomic E-state index is 13.0. The van der Waals surface area contributed by atoms with Crippen molar-refractivity contribution in [3.8, 4) is 0 Å². The lowest BCUT2D eigenvalue weighted by Crippen LogP contribution is -2.61. The van der Waals surface area contributed by atoms with Gasteiger partial charge in [-0.3, -0.25) is 9.59 Å². The minimum Gasteiger partial charge on any atom is -0.462 e. The van der Waals surface area contributed by atoms with Crippen molar-refractivity contribution in [1.82, 2.24) is 0 Å². The van der Waals surface area contributed by atoms with E-state index in [1.807, 2.05) is 0 Å². The molecular weight excluding hydrogens is 829 g/mol. The molecule has 0 aromatic carbocycles. The Morgan fingerprint density at radius 3 is 1.48 bits per heavy atom. The standard InChI is InChI=1S/C49H88O15/c1-3-5-7-9-11-13-15-17-18-20-22-24-26-28-30-32-41(52)62-37(34-59-40(51)31-29-27-25-23-21-19-16-14-12-10-8-6-4-2)35-60-48-47(58)45(56)43(54)39(64-48)36-61-49-46(57)44(55)42(53)38(33-50)63-49/h11,13,17-18,37-39,42-50,53-58H,3-10,12,14-16,19-36H2,1-2H3/b13-11-,18-17-/t37?,38-,39-,42+,43+,44+,45+,46-,47-,48-,49-/m1/s1. The summed E-state index contributed by atoms with van der Waals surface area (Å²) in [6.45, 7) is 2.55. The number of carbonyl (C=O) groups excluding carboxylic acids is 2. The predicted molar refractivity (Wildman–Crippen MR) is 243 cm³/mol. The number of allylic oxidation sites excluding steroid dienone is 4. The summed E-state index contributed by atoms with van der Waals surface area (Å²) < 4.78 is 33.5. The number of esters is 2. The van der Waals surface area contributed by atoms with Crippen molar-refractivity contribution < 1.29 is 73.8 Å². The molecule has 0 aliphatic carbocycles. The van der Waals surface area contributed by atoms with Crippen molar-refractivity contribution in [2.45, 2.75) is 248 Å². The number of carbonyl (C=O) groups is 2. The van der Waals surface area contributed by atoms with E-state index in [4.69, 9.17) is 28.4 Å². The second kappa shape index (κ2) is 37.0. The van der Waals surface area contributed by atoms with Crippen molar-refractivity contribution in [2.24, 2.45) is 0 Å². The second-order valence-corrected chi connectivity index (χ2v) is 17.6. The summed E-state index contributed by atoms with van der Waals surface area (Å²) in [5, 5.41) is 72.0. The van der Waals surface area contributed by atoms with Crippen LogP contribution in [0.15, 0.2) is 24.3 Å². The molecule has 64 heavy (non-hydrogen) atoms. The van der Waals surface area contributed by atoms with Gasteiger partial charge in [0, 0.05) is 12.8 Å². The molecule has 0 radical (unpaired) electrons. The summed E-state index contributed by atoms with van der Waals surface area (Å²) >= 11 is 0. The largest absolute Gasteiger partial charge is 0.462 e. The normalized spacial score (nSPS) is 26.8. The molecule has 11 atom stereocenters. The Hall–Kier alpha value is -2.02.